The summed E-state index contributed by atoms with van der Waals surface area (Å²) in [4.78, 5) is 3.89. The minimum Gasteiger partial charge on any atom is -0.500 e. The van der Waals surface area contributed by atoms with Crippen LogP contribution in [0.2, 0.25) is 0 Å². The molecule has 0 spiro atoms. The molecule has 0 fully saturated rings. The molecule has 1 aliphatic heterocycles. The van der Waals surface area contributed by atoms with E-state index in [0.29, 0.717) is 0 Å². The van der Waals surface area contributed by atoms with E-state index in [1.54, 1.807) is 6.07 Å². The molecule has 4 heteroatoms. The number of nitrogens with zero attached hydrogens (tertiary/aromatic N) is 2. The van der Waals surface area contributed by atoms with Gasteiger partial charge in [-0.05, 0) is 24.5 Å². The average Bonchev–Trinajstić information content (AvgIpc) is 2.90. The molecule has 0 saturated heterocycles. The van der Waals surface area contributed by atoms with Gasteiger partial charge in [0.05, 0.1) is 0 Å². The zero-order valence-electron chi connectivity index (χ0n) is 9.94. The van der Waals surface area contributed by atoms with Crippen molar-refractivity contribution in [2.75, 3.05) is 9.80 Å². The monoisotopic (exact) mass is 433 g/mol. The molecule has 0 N–H and O–H groups in total. The van der Waals surface area contributed by atoms with Gasteiger partial charge >= 0.3 is 21.1 Å². The molecule has 0 radical (unpaired) electrons. The molecule has 3 rings (SSSR count). The number of halogens is 1. The Hall–Kier alpha value is -1.60. The maximum Gasteiger partial charge on any atom is 2.00 e. The van der Waals surface area contributed by atoms with Crippen LogP contribution in [0.1, 0.15) is 0 Å². The van der Waals surface area contributed by atoms with Gasteiger partial charge in [-0.1, -0.05) is 18.2 Å². The Kier molecular flexibility index (Phi) is 4.38. The first kappa shape index (κ1) is 13.8. The molecule has 0 aliphatic carbocycles. The maximum absolute atomic E-state index is 12.8. The van der Waals surface area contributed by atoms with Crippen LogP contribution in [0.25, 0.3) is 0 Å². The van der Waals surface area contributed by atoms with E-state index in [2.05, 4.69) is 6.07 Å². The molecule has 0 aromatic heterocycles. The largest absolute Gasteiger partial charge is 2.00 e. The Balaban J connectivity index is 0.00000133. The second kappa shape index (κ2) is 6.03. The topological polar surface area (TPSA) is 6.48 Å². The van der Waals surface area contributed by atoms with Crippen molar-refractivity contribution in [2.45, 2.75) is 0 Å². The summed E-state index contributed by atoms with van der Waals surface area (Å²) in [5.74, 6) is -0.276. The fraction of sp³-hybridized carbons (Fsp3) is 0. The summed E-state index contributed by atoms with van der Waals surface area (Å²) in [6, 6.07) is 17.4. The summed E-state index contributed by atoms with van der Waals surface area (Å²) in [7, 11) is 0. The molecule has 1 heterocycles. The molecule has 98 valence electrons. The van der Waals surface area contributed by atoms with Gasteiger partial charge in [0.15, 0.2) is 0 Å². The van der Waals surface area contributed by atoms with E-state index in [1.165, 1.54) is 12.1 Å². The Morgan fingerprint density at radius 1 is 0.947 bits per heavy atom. The van der Waals surface area contributed by atoms with Crippen LogP contribution in [-0.2, 0) is 21.1 Å². The van der Waals surface area contributed by atoms with Crippen LogP contribution < -0.4 is 9.80 Å². The summed E-state index contributed by atoms with van der Waals surface area (Å²) in [6.45, 7) is 1.93. The van der Waals surface area contributed by atoms with Gasteiger partial charge in [-0.15, -0.1) is 30.6 Å². The number of rotatable bonds is 2. The van der Waals surface area contributed by atoms with Crippen LogP contribution in [-0.4, -0.2) is 0 Å². The molecule has 2 nitrogen and oxygen atoms in total. The van der Waals surface area contributed by atoms with Gasteiger partial charge in [-0.2, -0.15) is 6.07 Å². The maximum atomic E-state index is 12.8. The summed E-state index contributed by atoms with van der Waals surface area (Å²) >= 11 is 0. The Morgan fingerprint density at radius 3 is 2.37 bits per heavy atom. The zero-order valence-corrected chi connectivity index (χ0v) is 12.2. The van der Waals surface area contributed by atoms with Crippen molar-refractivity contribution in [3.63, 3.8) is 0 Å². The molecular formula is C15H11FN2Pt. The van der Waals surface area contributed by atoms with Gasteiger partial charge in [-0.25, -0.2) is 0 Å². The fourth-order valence-corrected chi connectivity index (χ4v) is 1.81. The second-order valence-electron chi connectivity index (χ2n) is 3.96. The molecule has 0 bridgehead atoms. The number of hydrogen-bond donors (Lipinski definition) is 0. The second-order valence-corrected chi connectivity index (χ2v) is 3.96. The van der Waals surface area contributed by atoms with Gasteiger partial charge in [-0.3, -0.25) is 4.39 Å². The van der Waals surface area contributed by atoms with Crippen LogP contribution >= 0.6 is 0 Å². The van der Waals surface area contributed by atoms with Crippen LogP contribution in [0.5, 0.6) is 0 Å². The van der Waals surface area contributed by atoms with Crippen LogP contribution in [0.3, 0.4) is 0 Å². The van der Waals surface area contributed by atoms with Crippen LogP contribution in [0, 0.1) is 18.6 Å². The molecule has 0 saturated carbocycles. The smallest absolute Gasteiger partial charge is 0.500 e. The van der Waals surface area contributed by atoms with Gasteiger partial charge in [0.1, 0.15) is 0 Å². The Labute approximate surface area is 126 Å². The van der Waals surface area contributed by atoms with Crippen molar-refractivity contribution in [3.8, 4) is 0 Å². The molecular weight excluding hydrogens is 422 g/mol. The quantitative estimate of drug-likeness (QED) is 0.669. The van der Waals surface area contributed by atoms with E-state index in [-0.39, 0.29) is 26.9 Å². The predicted octanol–water partition coefficient (Wildman–Crippen LogP) is 3.54. The minimum atomic E-state index is -0.276. The fourth-order valence-electron chi connectivity index (χ4n) is 1.81. The number of anilines is 2. The van der Waals surface area contributed by atoms with Crippen LogP contribution in [0.4, 0.5) is 15.8 Å². The van der Waals surface area contributed by atoms with E-state index < -0.39 is 0 Å². The summed E-state index contributed by atoms with van der Waals surface area (Å²) in [5.41, 5.74) is 1.89. The Morgan fingerprint density at radius 2 is 1.68 bits per heavy atom. The van der Waals surface area contributed by atoms with Crippen molar-refractivity contribution in [1.82, 2.24) is 0 Å². The Bertz CT molecular complexity index is 554. The van der Waals surface area contributed by atoms with Crippen LogP contribution in [0.15, 0.2) is 60.9 Å². The zero-order chi connectivity index (χ0) is 12.4. The number of para-hydroxylation sites is 1. The van der Waals surface area contributed by atoms with E-state index in [0.717, 1.165) is 11.4 Å². The normalized spacial score (nSPS) is 13.5. The van der Waals surface area contributed by atoms with E-state index in [9.17, 15) is 4.39 Å². The van der Waals surface area contributed by atoms with Gasteiger partial charge in [0.2, 0.25) is 0 Å². The SMILES string of the molecule is Fc1c[c-]c(N2C=CN(c3ccccc3)[CH-]2)cc1.[Pt+2]. The van der Waals surface area contributed by atoms with Gasteiger partial charge in [0.25, 0.3) is 0 Å². The minimum absolute atomic E-state index is 0. The third-order valence-electron chi connectivity index (χ3n) is 2.73. The molecule has 1 aliphatic rings. The summed E-state index contributed by atoms with van der Waals surface area (Å²) in [5, 5.41) is 0. The number of benzene rings is 2. The van der Waals surface area contributed by atoms with E-state index in [4.69, 9.17) is 0 Å². The van der Waals surface area contributed by atoms with Crippen molar-refractivity contribution in [1.29, 1.82) is 0 Å². The van der Waals surface area contributed by atoms with Crippen molar-refractivity contribution in [3.05, 3.63) is 79.5 Å². The van der Waals surface area contributed by atoms with E-state index >= 15 is 0 Å². The van der Waals surface area contributed by atoms with Crippen molar-refractivity contribution >= 4 is 11.4 Å². The van der Waals surface area contributed by atoms with Gasteiger partial charge in [0, 0.05) is 11.5 Å². The van der Waals surface area contributed by atoms with Crippen molar-refractivity contribution < 1.29 is 25.5 Å². The first-order chi connectivity index (χ1) is 8.83. The van der Waals surface area contributed by atoms with E-state index in [1.807, 2.05) is 59.2 Å². The first-order valence-electron chi connectivity index (χ1n) is 5.65. The number of hydrogen-bond acceptors (Lipinski definition) is 2. The van der Waals surface area contributed by atoms with Crippen molar-refractivity contribution in [2.24, 2.45) is 0 Å². The first-order valence-corrected chi connectivity index (χ1v) is 5.65. The molecule has 0 unspecified atom stereocenters. The average molecular weight is 433 g/mol. The van der Waals surface area contributed by atoms with Gasteiger partial charge < -0.3 is 9.80 Å². The summed E-state index contributed by atoms with van der Waals surface area (Å²) in [6.07, 6.45) is 3.86. The third-order valence-corrected chi connectivity index (χ3v) is 2.73. The molecule has 2 aromatic rings. The molecule has 0 atom stereocenters. The standard InChI is InChI=1S/C15H11FN2.Pt/c16-13-6-8-15(9-7-13)18-11-10-17(12-18)14-4-2-1-3-5-14;/h1-8,10-12H;/q-2;+2. The molecule has 2 aromatic carbocycles. The molecule has 0 amide bonds. The predicted molar refractivity (Wildman–Crippen MR) is 70.1 cm³/mol. The molecule has 19 heavy (non-hydrogen) atoms. The summed E-state index contributed by atoms with van der Waals surface area (Å²) < 4.78 is 12.8. The third kappa shape index (κ3) is 3.05.